The molecular weight excluding hydrogens is 327 g/mol. The van der Waals surface area contributed by atoms with Crippen LogP contribution in [0, 0.1) is 26.6 Å². The molecule has 0 aliphatic rings. The first-order valence-electron chi connectivity index (χ1n) is 6.07. The summed E-state index contributed by atoms with van der Waals surface area (Å²) in [5, 5.41) is -0.257. The summed E-state index contributed by atoms with van der Waals surface area (Å²) >= 11 is 10.1. The molecule has 2 aromatic carbocycles. The summed E-state index contributed by atoms with van der Waals surface area (Å²) in [5.41, 5.74) is 4.93. The van der Waals surface area contributed by atoms with Gasteiger partial charge >= 0.3 is 0 Å². The van der Waals surface area contributed by atoms with Crippen molar-refractivity contribution < 1.29 is 4.39 Å². The zero-order valence-corrected chi connectivity index (χ0v) is 13.4. The smallest absolute Gasteiger partial charge is 0.123 e. The first-order chi connectivity index (χ1) is 8.90. The van der Waals surface area contributed by atoms with E-state index in [2.05, 4.69) is 22.0 Å². The van der Waals surface area contributed by atoms with Crippen molar-refractivity contribution in [1.29, 1.82) is 0 Å². The van der Waals surface area contributed by atoms with Crippen molar-refractivity contribution in [3.05, 3.63) is 68.4 Å². The van der Waals surface area contributed by atoms with E-state index < -0.39 is 0 Å². The predicted molar refractivity (Wildman–Crippen MR) is 82.4 cm³/mol. The standard InChI is InChI=1S/C16H15BrClF/c1-9-6-12(4-5-14(9)17)16(18)15-10(2)7-13(19)8-11(15)3/h4-8,16H,1-3H3. The molecule has 100 valence electrons. The molecule has 0 saturated carbocycles. The van der Waals surface area contributed by atoms with Gasteiger partial charge in [-0.25, -0.2) is 4.39 Å². The maximum atomic E-state index is 13.3. The fourth-order valence-corrected chi connectivity index (χ4v) is 3.04. The number of rotatable bonds is 2. The Morgan fingerprint density at radius 3 is 2.11 bits per heavy atom. The summed E-state index contributed by atoms with van der Waals surface area (Å²) in [6, 6.07) is 9.11. The highest BCUT2D eigenvalue weighted by molar-refractivity contribution is 9.10. The van der Waals surface area contributed by atoms with Crippen molar-refractivity contribution in [3.8, 4) is 0 Å². The Morgan fingerprint density at radius 1 is 1.00 bits per heavy atom. The molecule has 0 amide bonds. The van der Waals surface area contributed by atoms with Gasteiger partial charge in [0.1, 0.15) is 5.82 Å². The molecule has 0 radical (unpaired) electrons. The lowest BCUT2D eigenvalue weighted by Crippen LogP contribution is -2.01. The lowest BCUT2D eigenvalue weighted by molar-refractivity contribution is 0.624. The highest BCUT2D eigenvalue weighted by Crippen LogP contribution is 2.35. The number of halogens is 3. The normalized spacial score (nSPS) is 12.5. The van der Waals surface area contributed by atoms with Gasteiger partial charge in [-0.15, -0.1) is 11.6 Å². The van der Waals surface area contributed by atoms with Crippen molar-refractivity contribution in [2.75, 3.05) is 0 Å². The van der Waals surface area contributed by atoms with Gasteiger partial charge in [-0.05, 0) is 66.8 Å². The third-order valence-corrected chi connectivity index (χ3v) is 4.65. The van der Waals surface area contributed by atoms with Crippen LogP contribution in [-0.4, -0.2) is 0 Å². The highest BCUT2D eigenvalue weighted by atomic mass is 79.9. The van der Waals surface area contributed by atoms with Crippen LogP contribution in [-0.2, 0) is 0 Å². The summed E-state index contributed by atoms with van der Waals surface area (Å²) in [4.78, 5) is 0. The number of aryl methyl sites for hydroxylation is 3. The van der Waals surface area contributed by atoms with Crippen LogP contribution in [0.1, 0.15) is 33.2 Å². The van der Waals surface area contributed by atoms with Crippen molar-refractivity contribution in [2.24, 2.45) is 0 Å². The van der Waals surface area contributed by atoms with Crippen molar-refractivity contribution in [2.45, 2.75) is 26.1 Å². The molecule has 2 rings (SSSR count). The molecular formula is C16H15BrClF. The monoisotopic (exact) mass is 340 g/mol. The van der Waals surface area contributed by atoms with E-state index in [1.807, 2.05) is 32.9 Å². The quantitative estimate of drug-likeness (QED) is 0.602. The predicted octanol–water partition coefficient (Wildman–Crippen LogP) is 5.84. The molecule has 0 nitrogen and oxygen atoms in total. The number of hydrogen-bond acceptors (Lipinski definition) is 0. The van der Waals surface area contributed by atoms with E-state index in [-0.39, 0.29) is 11.2 Å². The summed E-state index contributed by atoms with van der Waals surface area (Å²) in [7, 11) is 0. The van der Waals surface area contributed by atoms with Gasteiger partial charge in [0.2, 0.25) is 0 Å². The molecule has 3 heteroatoms. The molecule has 0 saturated heterocycles. The van der Waals surface area contributed by atoms with Crippen molar-refractivity contribution >= 4 is 27.5 Å². The van der Waals surface area contributed by atoms with Gasteiger partial charge in [0.25, 0.3) is 0 Å². The van der Waals surface area contributed by atoms with E-state index >= 15 is 0 Å². The van der Waals surface area contributed by atoms with E-state index in [0.717, 1.165) is 32.3 Å². The Balaban J connectivity index is 2.49. The van der Waals surface area contributed by atoms with E-state index in [0.29, 0.717) is 0 Å². The number of hydrogen-bond donors (Lipinski definition) is 0. The van der Waals surface area contributed by atoms with Crippen LogP contribution < -0.4 is 0 Å². The van der Waals surface area contributed by atoms with Crippen LogP contribution in [0.2, 0.25) is 0 Å². The van der Waals surface area contributed by atoms with Crippen molar-refractivity contribution in [1.82, 2.24) is 0 Å². The number of benzene rings is 2. The van der Waals surface area contributed by atoms with Crippen molar-refractivity contribution in [3.63, 3.8) is 0 Å². The van der Waals surface area contributed by atoms with Crippen LogP contribution >= 0.6 is 27.5 Å². The van der Waals surface area contributed by atoms with Crippen LogP contribution in [0.3, 0.4) is 0 Å². The summed E-state index contributed by atoms with van der Waals surface area (Å²) < 4.78 is 14.4. The van der Waals surface area contributed by atoms with Gasteiger partial charge < -0.3 is 0 Å². The maximum absolute atomic E-state index is 13.3. The SMILES string of the molecule is Cc1cc(C(Cl)c2c(C)cc(F)cc2C)ccc1Br. The Kier molecular flexibility index (Phi) is 4.32. The zero-order chi connectivity index (χ0) is 14.2. The highest BCUT2D eigenvalue weighted by Gasteiger charge is 2.17. The van der Waals surface area contributed by atoms with Gasteiger partial charge in [0.15, 0.2) is 0 Å². The number of alkyl halides is 1. The molecule has 0 fully saturated rings. The molecule has 0 aliphatic heterocycles. The minimum Gasteiger partial charge on any atom is -0.207 e. The van der Waals surface area contributed by atoms with E-state index in [1.54, 1.807) is 0 Å². The van der Waals surface area contributed by atoms with E-state index in [4.69, 9.17) is 11.6 Å². The van der Waals surface area contributed by atoms with Gasteiger partial charge in [0, 0.05) is 4.47 Å². The molecule has 1 unspecified atom stereocenters. The molecule has 0 aromatic heterocycles. The first kappa shape index (κ1) is 14.5. The maximum Gasteiger partial charge on any atom is 0.123 e. The van der Waals surface area contributed by atoms with E-state index in [9.17, 15) is 4.39 Å². The average molecular weight is 342 g/mol. The lowest BCUT2D eigenvalue weighted by Gasteiger charge is -2.17. The summed E-state index contributed by atoms with van der Waals surface area (Å²) in [6.07, 6.45) is 0. The van der Waals surface area contributed by atoms with Crippen LogP contribution in [0.15, 0.2) is 34.8 Å². The Morgan fingerprint density at radius 2 is 1.58 bits per heavy atom. The van der Waals surface area contributed by atoms with Gasteiger partial charge in [-0.2, -0.15) is 0 Å². The second-order valence-corrected chi connectivity index (χ2v) is 6.12. The fraction of sp³-hybridized carbons (Fsp3) is 0.250. The molecule has 0 N–H and O–H groups in total. The third kappa shape index (κ3) is 3.01. The second-order valence-electron chi connectivity index (χ2n) is 4.82. The first-order valence-corrected chi connectivity index (χ1v) is 7.30. The van der Waals surface area contributed by atoms with Crippen LogP contribution in [0.4, 0.5) is 4.39 Å². The lowest BCUT2D eigenvalue weighted by atomic mass is 9.95. The molecule has 0 heterocycles. The molecule has 0 spiro atoms. The molecule has 0 aliphatic carbocycles. The largest absolute Gasteiger partial charge is 0.207 e. The molecule has 2 aromatic rings. The zero-order valence-electron chi connectivity index (χ0n) is 11.1. The fourth-order valence-electron chi connectivity index (χ4n) is 2.31. The van der Waals surface area contributed by atoms with Crippen LogP contribution in [0.5, 0.6) is 0 Å². The Hall–Kier alpha value is -0.860. The molecule has 0 bridgehead atoms. The summed E-state index contributed by atoms with van der Waals surface area (Å²) in [5.74, 6) is -0.213. The minimum absolute atomic E-state index is 0.213. The Bertz CT molecular complexity index is 599. The Labute approximate surface area is 126 Å². The average Bonchev–Trinajstić information content (AvgIpc) is 2.31. The summed E-state index contributed by atoms with van der Waals surface area (Å²) in [6.45, 7) is 5.82. The molecule has 19 heavy (non-hydrogen) atoms. The third-order valence-electron chi connectivity index (χ3n) is 3.29. The van der Waals surface area contributed by atoms with Gasteiger partial charge in [0.05, 0.1) is 5.38 Å². The van der Waals surface area contributed by atoms with E-state index in [1.165, 1.54) is 12.1 Å². The van der Waals surface area contributed by atoms with Gasteiger partial charge in [-0.3, -0.25) is 0 Å². The van der Waals surface area contributed by atoms with Crippen LogP contribution in [0.25, 0.3) is 0 Å². The second kappa shape index (κ2) is 5.64. The van der Waals surface area contributed by atoms with Gasteiger partial charge in [-0.1, -0.05) is 28.1 Å². The molecule has 1 atom stereocenters. The minimum atomic E-state index is -0.257. The topological polar surface area (TPSA) is 0 Å².